The van der Waals surface area contributed by atoms with E-state index in [-0.39, 0.29) is 18.1 Å². The minimum atomic E-state index is -3.19. The molecule has 126 valence electrons. The molecule has 1 aromatic heterocycles. The molecule has 0 bridgehead atoms. The fourth-order valence-electron chi connectivity index (χ4n) is 2.11. The molecule has 0 atom stereocenters. The van der Waals surface area contributed by atoms with E-state index in [1.807, 2.05) is 22.9 Å². The molecule has 2 aromatic rings. The summed E-state index contributed by atoms with van der Waals surface area (Å²) in [5, 5.41) is 9.50. The maximum absolute atomic E-state index is 11.6. The van der Waals surface area contributed by atoms with Crippen LogP contribution in [0.5, 0.6) is 0 Å². The van der Waals surface area contributed by atoms with Crippen LogP contribution in [0, 0.1) is 0 Å². The molecule has 0 unspecified atom stereocenters. The first-order valence-corrected chi connectivity index (χ1v) is 10.3. The number of benzene rings is 1. The van der Waals surface area contributed by atoms with Crippen molar-refractivity contribution in [3.05, 3.63) is 42.2 Å². The van der Waals surface area contributed by atoms with Gasteiger partial charge in [-0.25, -0.2) is 13.4 Å². The van der Waals surface area contributed by atoms with Gasteiger partial charge in [-0.05, 0) is 23.6 Å². The number of aromatic nitrogens is 2. The van der Waals surface area contributed by atoms with Crippen molar-refractivity contribution < 1.29 is 13.5 Å². The van der Waals surface area contributed by atoms with Crippen molar-refractivity contribution >= 4 is 21.6 Å². The van der Waals surface area contributed by atoms with E-state index in [9.17, 15) is 8.42 Å². The van der Waals surface area contributed by atoms with Gasteiger partial charge in [-0.3, -0.25) is 4.57 Å². The smallest absolute Gasteiger partial charge is 0.172 e. The minimum absolute atomic E-state index is 0.0391. The van der Waals surface area contributed by atoms with Gasteiger partial charge in [-0.1, -0.05) is 37.7 Å². The second kappa shape index (κ2) is 7.99. The summed E-state index contributed by atoms with van der Waals surface area (Å²) < 4.78 is 25.2. The number of nitrogens with zero attached hydrogens (tertiary/aromatic N) is 2. The van der Waals surface area contributed by atoms with Crippen molar-refractivity contribution in [3.8, 4) is 5.69 Å². The van der Waals surface area contributed by atoms with E-state index in [1.54, 1.807) is 6.20 Å². The highest BCUT2D eigenvalue weighted by Gasteiger charge is 2.12. The number of aliphatic hydroxyl groups excluding tert-OH is 1. The molecule has 1 N–H and O–H groups in total. The average molecular weight is 354 g/mol. The highest BCUT2D eigenvalue weighted by Crippen LogP contribution is 2.22. The number of rotatable bonds is 8. The molecule has 2 rings (SSSR count). The predicted octanol–water partition coefficient (Wildman–Crippen LogP) is 2.49. The van der Waals surface area contributed by atoms with Crippen LogP contribution in [-0.2, 0) is 9.84 Å². The summed E-state index contributed by atoms with van der Waals surface area (Å²) in [5.74, 6) is 0.761. The standard InChI is InChI=1S/C16H22N2O3S2/c1-13(2)14-3-5-15(6-4-14)18-8-7-17-16(18)22-10-12-23(20,21)11-9-19/h3-8,13,19H,9-12H2,1-2H3. The van der Waals surface area contributed by atoms with Gasteiger partial charge in [0.25, 0.3) is 0 Å². The van der Waals surface area contributed by atoms with Crippen LogP contribution in [0.1, 0.15) is 25.3 Å². The third kappa shape index (κ3) is 5.09. The Morgan fingerprint density at radius 2 is 1.91 bits per heavy atom. The Kier molecular flexibility index (Phi) is 6.26. The Bertz CT molecular complexity index is 722. The molecule has 0 aliphatic heterocycles. The highest BCUT2D eigenvalue weighted by molar-refractivity contribution is 8.00. The lowest BCUT2D eigenvalue weighted by molar-refractivity contribution is 0.319. The van der Waals surface area contributed by atoms with E-state index >= 15 is 0 Å². The lowest BCUT2D eigenvalue weighted by Gasteiger charge is -2.10. The van der Waals surface area contributed by atoms with E-state index in [1.165, 1.54) is 17.3 Å². The molecule has 0 saturated carbocycles. The molecule has 0 amide bonds. The summed E-state index contributed by atoms with van der Waals surface area (Å²) in [4.78, 5) is 4.30. The van der Waals surface area contributed by atoms with Crippen molar-refractivity contribution in [1.29, 1.82) is 0 Å². The van der Waals surface area contributed by atoms with Gasteiger partial charge in [-0.15, -0.1) is 0 Å². The molecule has 0 saturated heterocycles. The maximum Gasteiger partial charge on any atom is 0.172 e. The number of hydrogen-bond acceptors (Lipinski definition) is 5. The van der Waals surface area contributed by atoms with Crippen molar-refractivity contribution in [2.45, 2.75) is 24.9 Å². The molecule has 0 radical (unpaired) electrons. The topological polar surface area (TPSA) is 72.2 Å². The molecule has 0 spiro atoms. The van der Waals surface area contributed by atoms with Gasteiger partial charge in [0, 0.05) is 23.8 Å². The van der Waals surface area contributed by atoms with Crippen molar-refractivity contribution in [1.82, 2.24) is 9.55 Å². The third-order valence-corrected chi connectivity index (χ3v) is 6.33. The predicted molar refractivity (Wildman–Crippen MR) is 94.1 cm³/mol. The van der Waals surface area contributed by atoms with Crippen LogP contribution in [0.2, 0.25) is 0 Å². The number of aliphatic hydroxyl groups is 1. The lowest BCUT2D eigenvalue weighted by atomic mass is 10.0. The van der Waals surface area contributed by atoms with E-state index < -0.39 is 9.84 Å². The Morgan fingerprint density at radius 1 is 1.22 bits per heavy atom. The number of hydrogen-bond donors (Lipinski definition) is 1. The highest BCUT2D eigenvalue weighted by atomic mass is 32.2. The van der Waals surface area contributed by atoms with Crippen LogP contribution in [0.3, 0.4) is 0 Å². The Hall–Kier alpha value is -1.31. The third-order valence-electron chi connectivity index (χ3n) is 3.47. The summed E-state index contributed by atoms with van der Waals surface area (Å²) in [7, 11) is -3.19. The van der Waals surface area contributed by atoms with E-state index in [0.29, 0.717) is 11.7 Å². The van der Waals surface area contributed by atoms with Crippen LogP contribution < -0.4 is 0 Å². The number of thioether (sulfide) groups is 1. The first-order valence-electron chi connectivity index (χ1n) is 7.51. The van der Waals surface area contributed by atoms with E-state index in [4.69, 9.17) is 5.11 Å². The molecular formula is C16H22N2O3S2. The Balaban J connectivity index is 2.05. The van der Waals surface area contributed by atoms with Crippen LogP contribution in [0.25, 0.3) is 5.69 Å². The first kappa shape index (κ1) is 18.0. The van der Waals surface area contributed by atoms with Gasteiger partial charge in [0.05, 0.1) is 18.1 Å². The molecule has 0 aliphatic rings. The lowest BCUT2D eigenvalue weighted by Crippen LogP contribution is -2.15. The second-order valence-corrected chi connectivity index (χ2v) is 8.92. The molecule has 23 heavy (non-hydrogen) atoms. The summed E-state index contributed by atoms with van der Waals surface area (Å²) in [6, 6.07) is 8.29. The van der Waals surface area contributed by atoms with Gasteiger partial charge in [0.2, 0.25) is 0 Å². The summed E-state index contributed by atoms with van der Waals surface area (Å²) in [5.41, 5.74) is 2.28. The number of sulfone groups is 1. The Labute approximate surface area is 141 Å². The van der Waals surface area contributed by atoms with Gasteiger partial charge in [0.1, 0.15) is 0 Å². The monoisotopic (exact) mass is 354 g/mol. The minimum Gasteiger partial charge on any atom is -0.395 e. The van der Waals surface area contributed by atoms with Gasteiger partial charge >= 0.3 is 0 Å². The molecule has 1 aromatic carbocycles. The van der Waals surface area contributed by atoms with Crippen molar-refractivity contribution in [3.63, 3.8) is 0 Å². The van der Waals surface area contributed by atoms with Crippen molar-refractivity contribution in [2.75, 3.05) is 23.9 Å². The summed E-state index contributed by atoms with van der Waals surface area (Å²) in [6.07, 6.45) is 3.58. The quantitative estimate of drug-likeness (QED) is 0.738. The molecule has 0 fully saturated rings. The SMILES string of the molecule is CC(C)c1ccc(-n2ccnc2SCCS(=O)(=O)CCO)cc1. The van der Waals surface area contributed by atoms with Crippen molar-refractivity contribution in [2.24, 2.45) is 0 Å². The molecule has 5 nitrogen and oxygen atoms in total. The van der Waals surface area contributed by atoms with Gasteiger partial charge in [0.15, 0.2) is 15.0 Å². The van der Waals surface area contributed by atoms with E-state index in [2.05, 4.69) is 31.0 Å². The van der Waals surface area contributed by atoms with Crippen LogP contribution in [0.15, 0.2) is 41.8 Å². The molecule has 7 heteroatoms. The zero-order valence-corrected chi connectivity index (χ0v) is 15.0. The van der Waals surface area contributed by atoms with Gasteiger partial charge < -0.3 is 5.11 Å². The molecule has 0 aliphatic carbocycles. The zero-order valence-electron chi connectivity index (χ0n) is 13.3. The fourth-order valence-corrected chi connectivity index (χ4v) is 4.57. The Morgan fingerprint density at radius 3 is 2.52 bits per heavy atom. The first-order chi connectivity index (χ1) is 10.9. The molecule has 1 heterocycles. The van der Waals surface area contributed by atoms with Crippen LogP contribution in [0.4, 0.5) is 0 Å². The normalized spacial score (nSPS) is 12.0. The number of imidazole rings is 1. The molecular weight excluding hydrogens is 332 g/mol. The largest absolute Gasteiger partial charge is 0.395 e. The van der Waals surface area contributed by atoms with Crippen LogP contribution >= 0.6 is 11.8 Å². The van der Waals surface area contributed by atoms with Crippen LogP contribution in [-0.4, -0.2) is 46.9 Å². The fraction of sp³-hybridized carbons (Fsp3) is 0.438. The summed E-state index contributed by atoms with van der Waals surface area (Å²) >= 11 is 1.40. The second-order valence-electron chi connectivity index (χ2n) is 5.55. The summed E-state index contributed by atoms with van der Waals surface area (Å²) in [6.45, 7) is 3.98. The van der Waals surface area contributed by atoms with Gasteiger partial charge in [-0.2, -0.15) is 0 Å². The maximum atomic E-state index is 11.6. The average Bonchev–Trinajstić information content (AvgIpc) is 2.95. The van der Waals surface area contributed by atoms with E-state index in [0.717, 1.165) is 10.8 Å². The zero-order chi connectivity index (χ0) is 16.9.